The molecule has 1 atom stereocenters. The number of rotatable bonds is 6. The Hall–Kier alpha value is -3.17. The monoisotopic (exact) mass is 347 g/mol. The molecule has 3 rings (SSSR count). The van der Waals surface area contributed by atoms with Gasteiger partial charge in [-0.15, -0.1) is 0 Å². The standard InChI is InChI=1S/C15H17N5O5/c1-3-5-9-12(14(21)24-4-2)13(19-15(18-9)16-8-17-19)10-6-7-11(25-10)20(22)23/h6-8,13H,3-5H2,1-2H3,(H,16,17,18). The number of nitrogens with zero attached hydrogens (tertiary/aromatic N) is 4. The van der Waals surface area contributed by atoms with Crippen LogP contribution >= 0.6 is 0 Å². The van der Waals surface area contributed by atoms with Crippen molar-refractivity contribution in [3.05, 3.63) is 45.6 Å². The van der Waals surface area contributed by atoms with Gasteiger partial charge in [-0.2, -0.15) is 10.1 Å². The lowest BCUT2D eigenvalue weighted by Crippen LogP contribution is -2.30. The van der Waals surface area contributed by atoms with Crippen molar-refractivity contribution in [1.82, 2.24) is 14.8 Å². The van der Waals surface area contributed by atoms with Gasteiger partial charge in [0, 0.05) is 5.70 Å². The number of esters is 1. The lowest BCUT2D eigenvalue weighted by Gasteiger charge is -2.27. The summed E-state index contributed by atoms with van der Waals surface area (Å²) in [6.07, 6.45) is 2.70. The van der Waals surface area contributed by atoms with Crippen molar-refractivity contribution in [2.45, 2.75) is 32.7 Å². The van der Waals surface area contributed by atoms with E-state index in [0.717, 1.165) is 6.42 Å². The van der Waals surface area contributed by atoms with E-state index in [1.54, 1.807) is 6.92 Å². The summed E-state index contributed by atoms with van der Waals surface area (Å²) in [5.41, 5.74) is 0.955. The van der Waals surface area contributed by atoms with Gasteiger partial charge in [-0.3, -0.25) is 10.1 Å². The third-order valence-electron chi connectivity index (χ3n) is 3.74. The maximum absolute atomic E-state index is 12.6. The molecule has 0 saturated carbocycles. The fourth-order valence-electron chi connectivity index (χ4n) is 2.76. The van der Waals surface area contributed by atoms with Crippen molar-refractivity contribution in [3.63, 3.8) is 0 Å². The molecule has 1 unspecified atom stereocenters. The van der Waals surface area contributed by atoms with E-state index < -0.39 is 22.8 Å². The molecule has 2 aromatic rings. The van der Waals surface area contributed by atoms with E-state index in [1.807, 2.05) is 6.92 Å². The highest BCUT2D eigenvalue weighted by atomic mass is 16.6. The average Bonchev–Trinajstić information content (AvgIpc) is 3.23. The van der Waals surface area contributed by atoms with Crippen molar-refractivity contribution in [1.29, 1.82) is 0 Å². The predicted octanol–water partition coefficient (Wildman–Crippen LogP) is 2.41. The Balaban J connectivity index is 2.15. The molecule has 0 fully saturated rings. The highest BCUT2D eigenvalue weighted by Crippen LogP contribution is 2.38. The number of allylic oxidation sites excluding steroid dienone is 1. The van der Waals surface area contributed by atoms with Crippen LogP contribution in [0.4, 0.5) is 11.8 Å². The van der Waals surface area contributed by atoms with Gasteiger partial charge >= 0.3 is 11.9 Å². The van der Waals surface area contributed by atoms with Gasteiger partial charge in [0.2, 0.25) is 5.95 Å². The Morgan fingerprint density at radius 2 is 2.28 bits per heavy atom. The van der Waals surface area contributed by atoms with Crippen LogP contribution in [0.1, 0.15) is 38.5 Å². The first kappa shape index (κ1) is 16.7. The second-order valence-electron chi connectivity index (χ2n) is 5.35. The van der Waals surface area contributed by atoms with Crippen LogP contribution in [0.25, 0.3) is 0 Å². The minimum atomic E-state index is -0.784. The van der Waals surface area contributed by atoms with E-state index in [2.05, 4.69) is 15.4 Å². The molecule has 0 aromatic carbocycles. The van der Waals surface area contributed by atoms with Crippen molar-refractivity contribution in [2.24, 2.45) is 0 Å². The van der Waals surface area contributed by atoms with Gasteiger partial charge in [0.15, 0.2) is 0 Å². The molecule has 10 nitrogen and oxygen atoms in total. The fraction of sp³-hybridized carbons (Fsp3) is 0.400. The maximum Gasteiger partial charge on any atom is 0.433 e. The summed E-state index contributed by atoms with van der Waals surface area (Å²) in [6.45, 7) is 3.89. The molecule has 0 bridgehead atoms. The normalized spacial score (nSPS) is 16.3. The number of hydrogen-bond acceptors (Lipinski definition) is 8. The Labute approximate surface area is 142 Å². The van der Waals surface area contributed by atoms with Gasteiger partial charge in [-0.1, -0.05) is 13.3 Å². The number of aromatic nitrogens is 3. The highest BCUT2D eigenvalue weighted by molar-refractivity contribution is 5.92. The van der Waals surface area contributed by atoms with E-state index in [9.17, 15) is 14.9 Å². The number of nitrogens with one attached hydrogen (secondary N) is 1. The zero-order valence-corrected chi connectivity index (χ0v) is 13.8. The van der Waals surface area contributed by atoms with Crippen LogP contribution in [0.2, 0.25) is 0 Å². The molecule has 10 heteroatoms. The summed E-state index contributed by atoms with van der Waals surface area (Å²) in [6, 6.07) is 1.92. The first-order valence-corrected chi connectivity index (χ1v) is 7.87. The topological polar surface area (TPSA) is 125 Å². The van der Waals surface area contributed by atoms with Crippen molar-refractivity contribution in [2.75, 3.05) is 11.9 Å². The molecule has 0 radical (unpaired) electrons. The highest BCUT2D eigenvalue weighted by Gasteiger charge is 2.37. The third kappa shape index (κ3) is 2.97. The molecule has 25 heavy (non-hydrogen) atoms. The number of anilines is 1. The van der Waals surface area contributed by atoms with Crippen LogP contribution in [0.3, 0.4) is 0 Å². The van der Waals surface area contributed by atoms with E-state index in [4.69, 9.17) is 9.15 Å². The summed E-state index contributed by atoms with van der Waals surface area (Å²) < 4.78 is 12.0. The Morgan fingerprint density at radius 1 is 1.48 bits per heavy atom. The number of ether oxygens (including phenoxy) is 1. The fourth-order valence-corrected chi connectivity index (χ4v) is 2.76. The second-order valence-corrected chi connectivity index (χ2v) is 5.35. The minimum Gasteiger partial charge on any atom is -0.463 e. The summed E-state index contributed by atoms with van der Waals surface area (Å²) in [4.78, 5) is 27.0. The lowest BCUT2D eigenvalue weighted by molar-refractivity contribution is -0.402. The number of furan rings is 1. The molecule has 1 aliphatic rings. The van der Waals surface area contributed by atoms with Crippen LogP contribution < -0.4 is 5.32 Å². The van der Waals surface area contributed by atoms with Gasteiger partial charge in [0.1, 0.15) is 23.1 Å². The molecule has 132 valence electrons. The quantitative estimate of drug-likeness (QED) is 0.480. The first-order valence-electron chi connectivity index (χ1n) is 7.87. The number of fused-ring (bicyclic) bond motifs is 1. The van der Waals surface area contributed by atoms with Gasteiger partial charge in [-0.05, 0) is 19.4 Å². The molecule has 3 heterocycles. The SMILES string of the molecule is CCCC1=C(C(=O)OCC)C(c2ccc([N+](=O)[O-])o2)n2ncnc2N1. The molecule has 1 aliphatic heterocycles. The summed E-state index contributed by atoms with van der Waals surface area (Å²) in [5, 5.41) is 18.2. The summed E-state index contributed by atoms with van der Waals surface area (Å²) in [7, 11) is 0. The average molecular weight is 347 g/mol. The summed E-state index contributed by atoms with van der Waals surface area (Å²) in [5.74, 6) is -0.281. The van der Waals surface area contributed by atoms with Crippen LogP contribution in [0.15, 0.2) is 34.1 Å². The molecule has 0 saturated heterocycles. The summed E-state index contributed by atoms with van der Waals surface area (Å²) >= 11 is 0. The molecule has 0 spiro atoms. The van der Waals surface area contributed by atoms with Gasteiger partial charge in [-0.25, -0.2) is 9.48 Å². The maximum atomic E-state index is 12.6. The Kier molecular flexibility index (Phi) is 4.50. The molecule has 2 aromatic heterocycles. The van der Waals surface area contributed by atoms with Gasteiger partial charge in [0.25, 0.3) is 0 Å². The number of hydrogen-bond donors (Lipinski definition) is 1. The number of nitro groups is 1. The van der Waals surface area contributed by atoms with Gasteiger partial charge < -0.3 is 14.5 Å². The van der Waals surface area contributed by atoms with E-state index in [0.29, 0.717) is 23.6 Å². The predicted molar refractivity (Wildman–Crippen MR) is 85.7 cm³/mol. The minimum absolute atomic E-state index is 0.205. The van der Waals surface area contributed by atoms with E-state index in [-0.39, 0.29) is 12.4 Å². The van der Waals surface area contributed by atoms with Crippen LogP contribution in [-0.2, 0) is 9.53 Å². The van der Waals surface area contributed by atoms with Crippen LogP contribution in [0, 0.1) is 10.1 Å². The zero-order chi connectivity index (χ0) is 18.0. The number of carbonyl (C=O) groups excluding carboxylic acids is 1. The lowest BCUT2D eigenvalue weighted by atomic mass is 9.98. The van der Waals surface area contributed by atoms with E-state index >= 15 is 0 Å². The second kappa shape index (κ2) is 6.75. The van der Waals surface area contributed by atoms with E-state index in [1.165, 1.54) is 23.1 Å². The molecule has 0 amide bonds. The van der Waals surface area contributed by atoms with Gasteiger partial charge in [0.05, 0.1) is 18.2 Å². The molecule has 1 N–H and O–H groups in total. The smallest absolute Gasteiger partial charge is 0.433 e. The van der Waals surface area contributed by atoms with Crippen LogP contribution in [0.5, 0.6) is 0 Å². The Morgan fingerprint density at radius 3 is 2.92 bits per heavy atom. The largest absolute Gasteiger partial charge is 0.463 e. The molecular weight excluding hydrogens is 330 g/mol. The third-order valence-corrected chi connectivity index (χ3v) is 3.74. The number of carbonyl (C=O) groups is 1. The molecular formula is C15H17N5O5. The zero-order valence-electron chi connectivity index (χ0n) is 13.8. The first-order chi connectivity index (χ1) is 12.1. The Bertz CT molecular complexity index is 837. The van der Waals surface area contributed by atoms with Crippen LogP contribution in [-0.4, -0.2) is 32.3 Å². The van der Waals surface area contributed by atoms with Crippen molar-refractivity contribution in [3.8, 4) is 0 Å². The van der Waals surface area contributed by atoms with Crippen molar-refractivity contribution < 1.29 is 18.9 Å². The van der Waals surface area contributed by atoms with Crippen molar-refractivity contribution >= 4 is 17.8 Å². The molecule has 0 aliphatic carbocycles.